The molecule has 2 amide bonds. The van der Waals surface area contributed by atoms with Gasteiger partial charge in [0.05, 0.1) is 6.42 Å². The van der Waals surface area contributed by atoms with Crippen molar-refractivity contribution in [2.75, 3.05) is 13.6 Å². The molecule has 0 bridgehead atoms. The molecule has 0 saturated carbocycles. The van der Waals surface area contributed by atoms with E-state index in [1.807, 2.05) is 20.8 Å². The van der Waals surface area contributed by atoms with Crippen molar-refractivity contribution in [2.45, 2.75) is 53.1 Å². The van der Waals surface area contributed by atoms with Crippen molar-refractivity contribution in [2.24, 2.45) is 5.92 Å². The average molecular weight is 258 g/mol. The van der Waals surface area contributed by atoms with Crippen molar-refractivity contribution in [1.29, 1.82) is 0 Å². The molecule has 5 heteroatoms. The highest BCUT2D eigenvalue weighted by molar-refractivity contribution is 5.75. The predicted molar refractivity (Wildman–Crippen MR) is 71.6 cm³/mol. The third-order valence-electron chi connectivity index (χ3n) is 3.31. The summed E-state index contributed by atoms with van der Waals surface area (Å²) in [5.74, 6) is -0.513. The Hall–Kier alpha value is -1.26. The number of nitrogens with zero attached hydrogens (tertiary/aromatic N) is 2. The fourth-order valence-corrected chi connectivity index (χ4v) is 1.61. The monoisotopic (exact) mass is 258 g/mol. The molecule has 0 aromatic heterocycles. The third kappa shape index (κ3) is 4.94. The van der Waals surface area contributed by atoms with E-state index in [-0.39, 0.29) is 31.1 Å². The van der Waals surface area contributed by atoms with Gasteiger partial charge in [0, 0.05) is 25.7 Å². The Morgan fingerprint density at radius 3 is 1.94 bits per heavy atom. The number of hydrogen-bond donors (Lipinski definition) is 1. The quantitative estimate of drug-likeness (QED) is 0.795. The zero-order chi connectivity index (χ0) is 14.5. The van der Waals surface area contributed by atoms with Crippen molar-refractivity contribution in [3.05, 3.63) is 0 Å². The molecule has 0 spiro atoms. The van der Waals surface area contributed by atoms with Gasteiger partial charge in [0.1, 0.15) is 0 Å². The van der Waals surface area contributed by atoms with Crippen LogP contribution in [0.1, 0.15) is 41.0 Å². The van der Waals surface area contributed by atoms with E-state index in [1.165, 1.54) is 0 Å². The van der Waals surface area contributed by atoms with Gasteiger partial charge in [0.15, 0.2) is 0 Å². The lowest BCUT2D eigenvalue weighted by Gasteiger charge is -2.35. The molecule has 1 unspecified atom stereocenters. The first-order valence-corrected chi connectivity index (χ1v) is 6.43. The Balaban J connectivity index is 4.70. The molecule has 0 aliphatic heterocycles. The number of carboxylic acid groups (broad SMARTS) is 1. The zero-order valence-electron chi connectivity index (χ0n) is 12.3. The van der Waals surface area contributed by atoms with Crippen LogP contribution in [0.2, 0.25) is 0 Å². The fourth-order valence-electron chi connectivity index (χ4n) is 1.61. The molecule has 0 aliphatic rings. The molecule has 0 aliphatic carbocycles. The second-order valence-electron chi connectivity index (χ2n) is 5.31. The summed E-state index contributed by atoms with van der Waals surface area (Å²) in [5, 5.41) is 8.71. The molecule has 106 valence electrons. The van der Waals surface area contributed by atoms with Crippen molar-refractivity contribution in [3.8, 4) is 0 Å². The number of carboxylic acids is 1. The van der Waals surface area contributed by atoms with Crippen LogP contribution < -0.4 is 0 Å². The summed E-state index contributed by atoms with van der Waals surface area (Å²) in [6.45, 7) is 10.2. The maximum Gasteiger partial charge on any atom is 0.320 e. The highest BCUT2D eigenvalue weighted by Crippen LogP contribution is 2.12. The van der Waals surface area contributed by atoms with Crippen molar-refractivity contribution >= 4 is 12.0 Å². The van der Waals surface area contributed by atoms with Crippen molar-refractivity contribution in [3.63, 3.8) is 0 Å². The van der Waals surface area contributed by atoms with E-state index < -0.39 is 5.97 Å². The molecular formula is C13H26N2O3. The number of urea groups is 1. The minimum Gasteiger partial charge on any atom is -0.481 e. The van der Waals surface area contributed by atoms with Gasteiger partial charge in [-0.05, 0) is 26.7 Å². The minimum absolute atomic E-state index is 0.00124. The summed E-state index contributed by atoms with van der Waals surface area (Å²) in [6, 6.07) is 0.0229. The Morgan fingerprint density at radius 1 is 1.11 bits per heavy atom. The van der Waals surface area contributed by atoms with Crippen LogP contribution in [0.25, 0.3) is 0 Å². The molecule has 0 fully saturated rings. The van der Waals surface area contributed by atoms with E-state index in [4.69, 9.17) is 5.11 Å². The van der Waals surface area contributed by atoms with Gasteiger partial charge in [-0.25, -0.2) is 4.79 Å². The van der Waals surface area contributed by atoms with E-state index in [0.717, 1.165) is 0 Å². The van der Waals surface area contributed by atoms with Gasteiger partial charge in [0.2, 0.25) is 0 Å². The number of carbonyl (C=O) groups is 2. The van der Waals surface area contributed by atoms with Crippen LogP contribution in [-0.2, 0) is 4.79 Å². The molecular weight excluding hydrogens is 232 g/mol. The van der Waals surface area contributed by atoms with E-state index in [9.17, 15) is 9.59 Å². The second-order valence-corrected chi connectivity index (χ2v) is 5.31. The van der Waals surface area contributed by atoms with Gasteiger partial charge in [-0.15, -0.1) is 0 Å². The van der Waals surface area contributed by atoms with Gasteiger partial charge in [0.25, 0.3) is 0 Å². The van der Waals surface area contributed by atoms with Gasteiger partial charge < -0.3 is 14.9 Å². The van der Waals surface area contributed by atoms with Crippen LogP contribution in [-0.4, -0.2) is 52.6 Å². The molecule has 0 saturated heterocycles. The molecule has 1 N–H and O–H groups in total. The molecule has 0 aromatic rings. The molecule has 0 heterocycles. The van der Waals surface area contributed by atoms with Gasteiger partial charge in [-0.1, -0.05) is 13.8 Å². The van der Waals surface area contributed by atoms with Crippen LogP contribution in [0.4, 0.5) is 4.79 Å². The van der Waals surface area contributed by atoms with Crippen LogP contribution in [0, 0.1) is 5.92 Å². The normalized spacial score (nSPS) is 12.7. The van der Waals surface area contributed by atoms with E-state index in [1.54, 1.807) is 16.8 Å². The molecule has 1 atom stereocenters. The summed E-state index contributed by atoms with van der Waals surface area (Å²) in [6.07, 6.45) is -0.0200. The van der Waals surface area contributed by atoms with Crippen LogP contribution in [0.5, 0.6) is 0 Å². The standard InChI is InChI=1S/C13H26N2O3/c1-9(2)11(5)14(6)13(18)15(10(3)4)8-7-12(16)17/h9-11H,7-8H2,1-6H3,(H,16,17). The lowest BCUT2D eigenvalue weighted by Crippen LogP contribution is -2.49. The summed E-state index contributed by atoms with van der Waals surface area (Å²) in [7, 11) is 1.77. The molecule has 0 radical (unpaired) electrons. The van der Waals surface area contributed by atoms with E-state index in [0.29, 0.717) is 5.92 Å². The molecule has 5 nitrogen and oxygen atoms in total. The number of aliphatic carboxylic acids is 1. The molecule has 0 aromatic carbocycles. The Bertz CT molecular complexity index is 290. The fraction of sp³-hybridized carbons (Fsp3) is 0.846. The predicted octanol–water partition coefficient (Wildman–Crippen LogP) is 2.27. The summed E-state index contributed by atoms with van der Waals surface area (Å²) in [5.41, 5.74) is 0. The first-order chi connectivity index (χ1) is 8.18. The Labute approximate surface area is 110 Å². The summed E-state index contributed by atoms with van der Waals surface area (Å²) in [4.78, 5) is 26.2. The topological polar surface area (TPSA) is 60.9 Å². The number of amides is 2. The largest absolute Gasteiger partial charge is 0.481 e. The number of hydrogen-bond acceptors (Lipinski definition) is 2. The summed E-state index contributed by atoms with van der Waals surface area (Å²) < 4.78 is 0. The first-order valence-electron chi connectivity index (χ1n) is 6.43. The van der Waals surface area contributed by atoms with Gasteiger partial charge >= 0.3 is 12.0 Å². The van der Waals surface area contributed by atoms with E-state index >= 15 is 0 Å². The summed E-state index contributed by atoms with van der Waals surface area (Å²) >= 11 is 0. The highest BCUT2D eigenvalue weighted by Gasteiger charge is 2.25. The van der Waals surface area contributed by atoms with Crippen molar-refractivity contribution in [1.82, 2.24) is 9.80 Å². The Morgan fingerprint density at radius 2 is 1.61 bits per heavy atom. The van der Waals surface area contributed by atoms with Crippen molar-refractivity contribution < 1.29 is 14.7 Å². The van der Waals surface area contributed by atoms with Crippen LogP contribution >= 0.6 is 0 Å². The molecule has 0 rings (SSSR count). The van der Waals surface area contributed by atoms with Gasteiger partial charge in [-0.2, -0.15) is 0 Å². The minimum atomic E-state index is -0.881. The SMILES string of the molecule is CC(C)C(C)N(C)C(=O)N(CCC(=O)O)C(C)C. The molecule has 18 heavy (non-hydrogen) atoms. The highest BCUT2D eigenvalue weighted by atomic mass is 16.4. The third-order valence-corrected chi connectivity index (χ3v) is 3.31. The smallest absolute Gasteiger partial charge is 0.320 e. The van der Waals surface area contributed by atoms with E-state index in [2.05, 4.69) is 13.8 Å². The first kappa shape index (κ1) is 16.7. The Kier molecular flexibility index (Phi) is 6.73. The van der Waals surface area contributed by atoms with Crippen LogP contribution in [0.3, 0.4) is 0 Å². The second kappa shape index (κ2) is 7.24. The number of rotatable bonds is 6. The van der Waals surface area contributed by atoms with Crippen LogP contribution in [0.15, 0.2) is 0 Å². The maximum atomic E-state index is 12.3. The van der Waals surface area contributed by atoms with Gasteiger partial charge in [-0.3, -0.25) is 4.79 Å². The average Bonchev–Trinajstić information content (AvgIpc) is 2.25. The lowest BCUT2D eigenvalue weighted by molar-refractivity contribution is -0.137. The maximum absolute atomic E-state index is 12.3. The zero-order valence-corrected chi connectivity index (χ0v) is 12.3. The number of carbonyl (C=O) groups excluding carboxylic acids is 1. The lowest BCUT2D eigenvalue weighted by atomic mass is 10.1.